The molecule has 2 heteroatoms. The second kappa shape index (κ2) is 9.68. The first-order valence-corrected chi connectivity index (χ1v) is 15.6. The van der Waals surface area contributed by atoms with Crippen LogP contribution in [0.5, 0.6) is 0 Å². The van der Waals surface area contributed by atoms with Crippen LogP contribution in [0, 0.1) is 0 Å². The van der Waals surface area contributed by atoms with Crippen molar-refractivity contribution in [3.05, 3.63) is 91.0 Å². The predicted octanol–water partition coefficient (Wildman–Crippen LogP) is 6.49. The molecule has 0 N–H and O–H groups in total. The van der Waals surface area contributed by atoms with E-state index in [-0.39, 0.29) is 0 Å². The number of hydrogen-bond donors (Lipinski definition) is 0. The summed E-state index contributed by atoms with van der Waals surface area (Å²) < 4.78 is 0. The van der Waals surface area contributed by atoms with Crippen LogP contribution in [-0.4, -0.2) is 14.2 Å². The Morgan fingerprint density at radius 3 is 1.14 bits per heavy atom. The lowest BCUT2D eigenvalue weighted by atomic mass is 10.4. The van der Waals surface area contributed by atoms with Gasteiger partial charge in [0.25, 0.3) is 0 Å². The van der Waals surface area contributed by atoms with E-state index >= 15 is 0 Å². The van der Waals surface area contributed by atoms with Gasteiger partial charge in [-0.1, -0.05) is 93.5 Å². The van der Waals surface area contributed by atoms with Gasteiger partial charge in [-0.15, -0.1) is 0 Å². The van der Waals surface area contributed by atoms with Crippen molar-refractivity contribution in [3.63, 3.8) is 0 Å². The van der Waals surface area contributed by atoms with Gasteiger partial charge in [0.1, 0.15) is 23.2 Å². The third kappa shape index (κ3) is 4.16. The summed E-state index contributed by atoms with van der Waals surface area (Å²) in [6, 6.07) is 39.7. The summed E-state index contributed by atoms with van der Waals surface area (Å²) in [5.74, 6) is 0. The Balaban J connectivity index is 2.19. The molecule has 0 heterocycles. The van der Waals surface area contributed by atoms with Crippen molar-refractivity contribution in [2.24, 2.45) is 0 Å². The summed E-state index contributed by atoms with van der Waals surface area (Å²) in [7, 11) is -2.85. The lowest BCUT2D eigenvalue weighted by Gasteiger charge is -2.33. The Morgan fingerprint density at radius 2 is 0.857 bits per heavy atom. The van der Waals surface area contributed by atoms with E-state index in [1.807, 2.05) is 0 Å². The molecule has 0 bridgehead atoms. The van der Waals surface area contributed by atoms with Crippen molar-refractivity contribution in [1.82, 2.24) is 0 Å². The minimum absolute atomic E-state index is 1.20. The average molecular weight is 406 g/mol. The van der Waals surface area contributed by atoms with Crippen molar-refractivity contribution in [1.29, 1.82) is 0 Å². The van der Waals surface area contributed by atoms with Gasteiger partial charge >= 0.3 is 0 Å². The molecule has 0 fully saturated rings. The van der Waals surface area contributed by atoms with Crippen molar-refractivity contribution >= 4 is 31.2 Å². The zero-order valence-electron chi connectivity index (χ0n) is 17.6. The van der Waals surface area contributed by atoms with E-state index in [0.717, 1.165) is 0 Å². The molecule has 3 rings (SSSR count). The molecule has 0 aliphatic heterocycles. The number of rotatable bonds is 9. The van der Waals surface area contributed by atoms with Crippen molar-refractivity contribution < 1.29 is 0 Å². The van der Waals surface area contributed by atoms with Crippen LogP contribution in [0.1, 0.15) is 20.8 Å². The maximum atomic E-state index is 2.44. The third-order valence-electron chi connectivity index (χ3n) is 6.82. The van der Waals surface area contributed by atoms with E-state index in [1.54, 1.807) is 0 Å². The van der Waals surface area contributed by atoms with E-state index < -0.39 is 15.3 Å². The average Bonchev–Trinajstić information content (AvgIpc) is 2.79. The van der Waals surface area contributed by atoms with Crippen LogP contribution in [-0.2, 0) is 0 Å². The molecule has 0 amide bonds. The molecule has 0 aliphatic rings. The van der Waals surface area contributed by atoms with E-state index in [0.29, 0.717) is 0 Å². The Bertz CT molecular complexity index is 721. The monoisotopic (exact) mass is 405 g/mol. The molecular weight excluding hydrogens is 371 g/mol. The molecule has 0 aromatic heterocycles. The molecule has 0 saturated carbocycles. The normalized spacial score (nSPS) is 12.1. The smallest absolute Gasteiger partial charge is 0.0678 e. The fraction of sp³-hybridized carbons (Fsp3) is 0.308. The first-order chi connectivity index (χ1) is 13.7. The van der Waals surface area contributed by atoms with Crippen LogP contribution < -0.4 is 15.9 Å². The standard InChI is InChI=1S/C26H34PSi/c1-4-28(5-2,6-3)23-22-27(24-16-10-7-11-17-24,25-18-12-8-13-19-25)26-20-14-9-15-21-26/h7-21H,4-6,22-23H2,1-3H3/q+1. The molecular formula is C26H34PSi+. The van der Waals surface area contributed by atoms with Crippen LogP contribution in [0.15, 0.2) is 91.0 Å². The molecule has 3 aromatic rings. The SMILES string of the molecule is CC[Si](CC)(CC)CC[P+](c1ccccc1)(c1ccccc1)c1ccccc1. The van der Waals surface area contributed by atoms with E-state index in [9.17, 15) is 0 Å². The molecule has 28 heavy (non-hydrogen) atoms. The number of benzene rings is 3. The first-order valence-electron chi connectivity index (χ1n) is 10.8. The van der Waals surface area contributed by atoms with Gasteiger partial charge in [-0.3, -0.25) is 0 Å². The van der Waals surface area contributed by atoms with Gasteiger partial charge in [0.05, 0.1) is 14.2 Å². The zero-order chi connectivity index (χ0) is 19.9. The fourth-order valence-electron chi connectivity index (χ4n) is 4.57. The lowest BCUT2D eigenvalue weighted by Crippen LogP contribution is -2.38. The molecule has 0 saturated heterocycles. The topological polar surface area (TPSA) is 0 Å². The Kier molecular flexibility index (Phi) is 7.27. The van der Waals surface area contributed by atoms with Crippen LogP contribution >= 0.6 is 7.26 Å². The van der Waals surface area contributed by atoms with E-state index in [1.165, 1.54) is 46.3 Å². The molecule has 0 aliphatic carbocycles. The van der Waals surface area contributed by atoms with Crippen molar-refractivity contribution in [3.8, 4) is 0 Å². The van der Waals surface area contributed by atoms with Gasteiger partial charge in [-0.25, -0.2) is 0 Å². The van der Waals surface area contributed by atoms with Gasteiger partial charge in [-0.05, 0) is 42.4 Å². The minimum Gasteiger partial charge on any atom is -0.0678 e. The Hall–Kier alpha value is -1.69. The zero-order valence-corrected chi connectivity index (χ0v) is 19.5. The quantitative estimate of drug-likeness (QED) is 0.282. The molecule has 0 spiro atoms. The number of hydrogen-bond acceptors (Lipinski definition) is 0. The molecule has 0 radical (unpaired) electrons. The summed E-state index contributed by atoms with van der Waals surface area (Å²) in [6.45, 7) is 7.31. The maximum Gasteiger partial charge on any atom is 0.111 e. The second-order valence-electron chi connectivity index (χ2n) is 7.85. The first kappa shape index (κ1) is 21.0. The summed E-state index contributed by atoms with van der Waals surface area (Å²) in [5, 5.41) is 4.58. The molecule has 146 valence electrons. The van der Waals surface area contributed by atoms with E-state index in [4.69, 9.17) is 0 Å². The Labute approximate surface area is 173 Å². The minimum atomic E-state index is -1.65. The highest BCUT2D eigenvalue weighted by Crippen LogP contribution is 2.57. The Morgan fingerprint density at radius 1 is 0.536 bits per heavy atom. The largest absolute Gasteiger partial charge is 0.111 e. The van der Waals surface area contributed by atoms with Crippen LogP contribution in [0.3, 0.4) is 0 Å². The molecule has 0 nitrogen and oxygen atoms in total. The van der Waals surface area contributed by atoms with Crippen molar-refractivity contribution in [2.75, 3.05) is 6.16 Å². The summed E-state index contributed by atoms with van der Waals surface area (Å²) in [4.78, 5) is 0. The summed E-state index contributed by atoms with van der Waals surface area (Å²) in [5.41, 5.74) is 0. The molecule has 0 unspecified atom stereocenters. The van der Waals surface area contributed by atoms with E-state index in [2.05, 4.69) is 112 Å². The highest BCUT2D eigenvalue weighted by atomic mass is 31.2. The lowest BCUT2D eigenvalue weighted by molar-refractivity contribution is 1.11. The van der Waals surface area contributed by atoms with Crippen LogP contribution in [0.2, 0.25) is 24.2 Å². The van der Waals surface area contributed by atoms with Crippen LogP contribution in [0.4, 0.5) is 0 Å². The predicted molar refractivity (Wildman–Crippen MR) is 132 cm³/mol. The van der Waals surface area contributed by atoms with Crippen molar-refractivity contribution in [2.45, 2.75) is 44.9 Å². The van der Waals surface area contributed by atoms with Gasteiger partial charge in [-0.2, -0.15) is 0 Å². The highest BCUT2D eigenvalue weighted by Gasteiger charge is 2.46. The van der Waals surface area contributed by atoms with Crippen LogP contribution in [0.25, 0.3) is 0 Å². The highest BCUT2D eigenvalue weighted by molar-refractivity contribution is 7.95. The molecule has 3 aromatic carbocycles. The third-order valence-corrected chi connectivity index (χ3v) is 17.5. The maximum absolute atomic E-state index is 2.44. The van der Waals surface area contributed by atoms with Gasteiger partial charge in [0.2, 0.25) is 0 Å². The fourth-order valence-corrected chi connectivity index (χ4v) is 14.1. The summed E-state index contributed by atoms with van der Waals surface area (Å²) in [6.07, 6.45) is 1.30. The van der Waals surface area contributed by atoms with Gasteiger partial charge < -0.3 is 0 Å². The van der Waals surface area contributed by atoms with Gasteiger partial charge in [0.15, 0.2) is 0 Å². The van der Waals surface area contributed by atoms with Gasteiger partial charge in [0, 0.05) is 0 Å². The summed E-state index contributed by atoms with van der Waals surface area (Å²) >= 11 is 0. The molecule has 0 atom stereocenters. The second-order valence-corrected chi connectivity index (χ2v) is 17.1.